The Morgan fingerprint density at radius 3 is 2.48 bits per heavy atom. The molecule has 0 bridgehead atoms. The maximum Gasteiger partial charge on any atom is 0.286 e. The summed E-state index contributed by atoms with van der Waals surface area (Å²) < 4.78 is 0. The van der Waals surface area contributed by atoms with Gasteiger partial charge in [0.05, 0.1) is 5.25 Å². The second-order valence-corrected chi connectivity index (χ2v) is 7.09. The number of carbonyl (C=O) groups is 3. The monoisotopic (exact) mass is 371 g/mol. The van der Waals surface area contributed by atoms with Crippen LogP contribution < -0.4 is 5.32 Å². The van der Waals surface area contributed by atoms with E-state index in [2.05, 4.69) is 5.32 Å². The molecule has 2 aromatic rings. The quantitative estimate of drug-likeness (QED) is 0.634. The van der Waals surface area contributed by atoms with Gasteiger partial charge in [-0.1, -0.05) is 65.8 Å². The number of nitrogens with one attached hydrogen (secondary N) is 1. The molecule has 2 amide bonds. The summed E-state index contributed by atoms with van der Waals surface area (Å²) in [5, 5.41) is 2.13. The molecule has 1 fully saturated rings. The predicted octanol–water partition coefficient (Wildman–Crippen LogP) is 4.13. The molecule has 1 saturated heterocycles. The Kier molecular flexibility index (Phi) is 5.36. The molecule has 0 radical (unpaired) electrons. The number of rotatable bonds is 5. The zero-order valence-electron chi connectivity index (χ0n) is 13.1. The van der Waals surface area contributed by atoms with E-state index in [1.807, 2.05) is 18.2 Å². The van der Waals surface area contributed by atoms with Gasteiger partial charge in [0.1, 0.15) is 0 Å². The average Bonchev–Trinajstić information content (AvgIpc) is 2.92. The second-order valence-electron chi connectivity index (χ2n) is 5.50. The lowest BCUT2D eigenvalue weighted by Gasteiger charge is -2.05. The summed E-state index contributed by atoms with van der Waals surface area (Å²) in [6.07, 6.45) is 3.62. The van der Waals surface area contributed by atoms with Gasteiger partial charge in [-0.25, -0.2) is 0 Å². The fraction of sp³-hybridized carbons (Fsp3) is 0.105. The first-order chi connectivity index (χ1) is 12.0. The minimum absolute atomic E-state index is 0.130. The van der Waals surface area contributed by atoms with Crippen LogP contribution in [0.15, 0.2) is 54.6 Å². The molecule has 6 heteroatoms. The average molecular weight is 372 g/mol. The van der Waals surface area contributed by atoms with E-state index in [1.54, 1.807) is 36.4 Å². The van der Waals surface area contributed by atoms with Crippen LogP contribution in [0.3, 0.4) is 0 Å². The van der Waals surface area contributed by atoms with E-state index >= 15 is 0 Å². The number of amides is 2. The molecule has 1 atom stereocenters. The van der Waals surface area contributed by atoms with Crippen LogP contribution in [0.5, 0.6) is 0 Å². The first kappa shape index (κ1) is 17.5. The van der Waals surface area contributed by atoms with Crippen LogP contribution in [0.4, 0.5) is 4.79 Å². The Morgan fingerprint density at radius 2 is 1.84 bits per heavy atom. The van der Waals surface area contributed by atoms with Gasteiger partial charge in [-0.3, -0.25) is 19.7 Å². The SMILES string of the molecule is O=C1NC(=O)C(Cc2ccc(C(=O)/C=C/c3ccccc3Cl)cc2)S1. The van der Waals surface area contributed by atoms with E-state index in [-0.39, 0.29) is 16.9 Å². The number of benzene rings is 2. The molecular weight excluding hydrogens is 358 g/mol. The highest BCUT2D eigenvalue weighted by Gasteiger charge is 2.31. The molecule has 25 heavy (non-hydrogen) atoms. The molecule has 2 aromatic carbocycles. The van der Waals surface area contributed by atoms with Crippen molar-refractivity contribution in [2.24, 2.45) is 0 Å². The van der Waals surface area contributed by atoms with Crippen molar-refractivity contribution in [1.29, 1.82) is 0 Å². The van der Waals surface area contributed by atoms with Gasteiger partial charge in [-0.15, -0.1) is 0 Å². The van der Waals surface area contributed by atoms with Crippen LogP contribution in [0, 0.1) is 0 Å². The van der Waals surface area contributed by atoms with E-state index in [4.69, 9.17) is 11.6 Å². The molecule has 1 N–H and O–H groups in total. The Morgan fingerprint density at radius 1 is 1.12 bits per heavy atom. The number of hydrogen-bond donors (Lipinski definition) is 1. The van der Waals surface area contributed by atoms with Crippen LogP contribution in [0.25, 0.3) is 6.08 Å². The highest BCUT2D eigenvalue weighted by atomic mass is 35.5. The lowest BCUT2D eigenvalue weighted by molar-refractivity contribution is -0.118. The van der Waals surface area contributed by atoms with Crippen molar-refractivity contribution in [1.82, 2.24) is 5.32 Å². The second kappa shape index (κ2) is 7.68. The van der Waals surface area contributed by atoms with Crippen molar-refractivity contribution in [3.8, 4) is 0 Å². The number of hydrogen-bond acceptors (Lipinski definition) is 4. The van der Waals surface area contributed by atoms with Gasteiger partial charge in [-0.05, 0) is 35.8 Å². The van der Waals surface area contributed by atoms with Crippen molar-refractivity contribution < 1.29 is 14.4 Å². The molecular formula is C19H14ClNO3S. The summed E-state index contributed by atoms with van der Waals surface area (Å²) in [6.45, 7) is 0. The molecule has 0 aromatic heterocycles. The number of ketones is 1. The van der Waals surface area contributed by atoms with E-state index in [0.29, 0.717) is 17.0 Å². The van der Waals surface area contributed by atoms with Crippen molar-refractivity contribution in [3.63, 3.8) is 0 Å². The van der Waals surface area contributed by atoms with Crippen LogP contribution in [0.2, 0.25) is 5.02 Å². The lowest BCUT2D eigenvalue weighted by Crippen LogP contribution is -2.25. The summed E-state index contributed by atoms with van der Waals surface area (Å²) >= 11 is 7.05. The van der Waals surface area contributed by atoms with Crippen LogP contribution in [-0.4, -0.2) is 22.2 Å². The first-order valence-electron chi connectivity index (χ1n) is 7.60. The lowest BCUT2D eigenvalue weighted by atomic mass is 10.0. The van der Waals surface area contributed by atoms with Crippen LogP contribution in [0.1, 0.15) is 21.5 Å². The molecule has 0 saturated carbocycles. The number of allylic oxidation sites excluding steroid dienone is 1. The van der Waals surface area contributed by atoms with Gasteiger partial charge in [0.25, 0.3) is 5.24 Å². The number of carbonyl (C=O) groups excluding carboxylic acids is 3. The Balaban J connectivity index is 1.66. The van der Waals surface area contributed by atoms with E-state index in [1.165, 1.54) is 6.08 Å². The summed E-state index contributed by atoms with van der Waals surface area (Å²) in [7, 11) is 0. The Hall–Kier alpha value is -2.37. The number of thioether (sulfide) groups is 1. The third-order valence-electron chi connectivity index (χ3n) is 3.75. The van der Waals surface area contributed by atoms with Gasteiger partial charge < -0.3 is 0 Å². The molecule has 1 unspecified atom stereocenters. The normalized spacial score (nSPS) is 17.1. The zero-order valence-corrected chi connectivity index (χ0v) is 14.6. The molecule has 1 aliphatic rings. The van der Waals surface area contributed by atoms with Crippen molar-refractivity contribution in [3.05, 3.63) is 76.3 Å². The summed E-state index contributed by atoms with van der Waals surface area (Å²) in [5.41, 5.74) is 2.23. The molecule has 4 nitrogen and oxygen atoms in total. The highest BCUT2D eigenvalue weighted by Crippen LogP contribution is 2.23. The van der Waals surface area contributed by atoms with Crippen molar-refractivity contribution in [2.75, 3.05) is 0 Å². The number of imide groups is 1. The van der Waals surface area contributed by atoms with Crippen LogP contribution >= 0.6 is 23.4 Å². The highest BCUT2D eigenvalue weighted by molar-refractivity contribution is 8.15. The standard InChI is InChI=1S/C19H14ClNO3S/c20-15-4-2-1-3-13(15)9-10-16(22)14-7-5-12(6-8-14)11-17-18(23)21-19(24)25-17/h1-10,17H,11H2,(H,21,23,24)/b10-9+. The van der Waals surface area contributed by atoms with Crippen molar-refractivity contribution >= 4 is 46.4 Å². The number of halogens is 1. The molecule has 1 heterocycles. The third-order valence-corrected chi connectivity index (χ3v) is 5.07. The first-order valence-corrected chi connectivity index (χ1v) is 8.86. The Bertz CT molecular complexity index is 861. The maximum absolute atomic E-state index is 12.2. The Labute approximate surface area is 154 Å². The van der Waals surface area contributed by atoms with Gasteiger partial charge in [0, 0.05) is 10.6 Å². The predicted molar refractivity (Wildman–Crippen MR) is 99.9 cm³/mol. The maximum atomic E-state index is 12.2. The molecule has 1 aliphatic heterocycles. The van der Waals surface area contributed by atoms with Crippen LogP contribution in [-0.2, 0) is 11.2 Å². The molecule has 126 valence electrons. The third kappa shape index (κ3) is 4.38. The van der Waals surface area contributed by atoms with Gasteiger partial charge in [0.15, 0.2) is 5.78 Å². The van der Waals surface area contributed by atoms with Gasteiger partial charge >= 0.3 is 0 Å². The zero-order chi connectivity index (χ0) is 17.8. The van der Waals surface area contributed by atoms with Gasteiger partial charge in [0.2, 0.25) is 5.91 Å². The van der Waals surface area contributed by atoms with E-state index < -0.39 is 5.25 Å². The topological polar surface area (TPSA) is 63.2 Å². The van der Waals surface area contributed by atoms with Crippen molar-refractivity contribution in [2.45, 2.75) is 11.7 Å². The van der Waals surface area contributed by atoms with E-state index in [0.717, 1.165) is 22.9 Å². The van der Waals surface area contributed by atoms with Gasteiger partial charge in [-0.2, -0.15) is 0 Å². The summed E-state index contributed by atoms with van der Waals surface area (Å²) in [6, 6.07) is 14.3. The fourth-order valence-electron chi connectivity index (χ4n) is 2.42. The molecule has 3 rings (SSSR count). The minimum atomic E-state index is -0.408. The minimum Gasteiger partial charge on any atom is -0.289 e. The summed E-state index contributed by atoms with van der Waals surface area (Å²) in [5.74, 6) is -0.396. The molecule has 0 spiro atoms. The smallest absolute Gasteiger partial charge is 0.286 e. The fourth-order valence-corrected chi connectivity index (χ4v) is 3.48. The van der Waals surface area contributed by atoms with E-state index in [9.17, 15) is 14.4 Å². The summed E-state index contributed by atoms with van der Waals surface area (Å²) in [4.78, 5) is 35.0. The largest absolute Gasteiger partial charge is 0.289 e. The molecule has 0 aliphatic carbocycles.